The van der Waals surface area contributed by atoms with Crippen LogP contribution in [-0.4, -0.2) is 36.0 Å². The van der Waals surface area contributed by atoms with Gasteiger partial charge in [-0.1, -0.05) is 61.3 Å². The molecular weight excluding hydrogens is 608 g/mol. The number of anilines is 2. The number of nitrogens with zero attached hydrogens (tertiary/aromatic N) is 3. The predicted molar refractivity (Wildman–Crippen MR) is 170 cm³/mol. The molecular formula is C32H32Cl2FN5O4. The normalized spacial score (nSPS) is 10.9. The van der Waals surface area contributed by atoms with E-state index in [0.29, 0.717) is 35.9 Å². The molecule has 230 valence electrons. The van der Waals surface area contributed by atoms with Crippen LogP contribution in [0.3, 0.4) is 0 Å². The molecule has 2 heterocycles. The maximum Gasteiger partial charge on any atom is 0.259 e. The van der Waals surface area contributed by atoms with E-state index in [2.05, 4.69) is 15.2 Å². The molecule has 0 fully saturated rings. The lowest BCUT2D eigenvalue weighted by Gasteiger charge is -2.27. The number of ether oxygens (including phenoxy) is 2. The number of primary amides is 1. The van der Waals surface area contributed by atoms with E-state index < -0.39 is 39.1 Å². The maximum atomic E-state index is 15.0. The summed E-state index contributed by atoms with van der Waals surface area (Å²) in [5.74, 6) is -1.28. The van der Waals surface area contributed by atoms with Crippen molar-refractivity contribution in [1.29, 1.82) is 0 Å². The Morgan fingerprint density at radius 2 is 1.43 bits per heavy atom. The summed E-state index contributed by atoms with van der Waals surface area (Å²) in [7, 11) is 3.23. The van der Waals surface area contributed by atoms with Gasteiger partial charge in [0, 0.05) is 13.1 Å². The molecule has 4 rings (SSSR count). The average Bonchev–Trinajstić information content (AvgIpc) is 2.99. The fourth-order valence-corrected chi connectivity index (χ4v) is 5.16. The Morgan fingerprint density at radius 3 is 1.89 bits per heavy atom. The first-order valence-electron chi connectivity index (χ1n) is 13.6. The van der Waals surface area contributed by atoms with Crippen LogP contribution in [0, 0.1) is 12.7 Å². The first kappa shape index (κ1) is 32.5. The maximum absolute atomic E-state index is 15.0. The molecule has 44 heavy (non-hydrogen) atoms. The second-order valence-corrected chi connectivity index (χ2v) is 11.1. The zero-order chi connectivity index (χ0) is 32.1. The third-order valence-corrected chi connectivity index (χ3v) is 7.46. The molecule has 0 spiro atoms. The van der Waals surface area contributed by atoms with Crippen LogP contribution in [0.2, 0.25) is 10.3 Å². The van der Waals surface area contributed by atoms with Gasteiger partial charge in [-0.15, -0.1) is 0 Å². The molecule has 3 N–H and O–H groups in total. The molecule has 2 aromatic carbocycles. The molecule has 9 nitrogen and oxygen atoms in total. The van der Waals surface area contributed by atoms with Crippen LogP contribution < -0.4 is 25.4 Å². The number of hydrogen-bond donors (Lipinski definition) is 2. The van der Waals surface area contributed by atoms with Crippen molar-refractivity contribution >= 4 is 46.5 Å². The fraction of sp³-hybridized carbons (Fsp3) is 0.250. The van der Waals surface area contributed by atoms with Crippen molar-refractivity contribution in [3.8, 4) is 11.5 Å². The number of rotatable bonds is 11. The van der Waals surface area contributed by atoms with Crippen LogP contribution in [0.25, 0.3) is 0 Å². The van der Waals surface area contributed by atoms with Gasteiger partial charge in [0.2, 0.25) is 0 Å². The molecule has 0 aliphatic carbocycles. The SMILES string of the molecule is COc1ccc(CN(Cc2ccc(OC)cc2)c2cc(C)c(NC(=O)c3c(F)c(Cl)nc(Cl)c3C(N)=O)c(C(C)C)n2)cc1. The Bertz CT molecular complexity index is 1630. The van der Waals surface area contributed by atoms with Gasteiger partial charge in [0.15, 0.2) is 11.0 Å². The summed E-state index contributed by atoms with van der Waals surface area (Å²) < 4.78 is 25.7. The molecule has 0 radical (unpaired) electrons. The van der Waals surface area contributed by atoms with Crippen molar-refractivity contribution in [2.45, 2.75) is 39.8 Å². The molecule has 0 unspecified atom stereocenters. The zero-order valence-corrected chi connectivity index (χ0v) is 26.4. The van der Waals surface area contributed by atoms with E-state index in [4.69, 9.17) is 43.4 Å². The Balaban J connectivity index is 1.76. The van der Waals surface area contributed by atoms with E-state index in [1.807, 2.05) is 75.4 Å². The van der Waals surface area contributed by atoms with Gasteiger partial charge < -0.3 is 25.4 Å². The Morgan fingerprint density at radius 1 is 0.909 bits per heavy atom. The molecule has 0 aliphatic heterocycles. The minimum atomic E-state index is -1.21. The van der Waals surface area contributed by atoms with Gasteiger partial charge in [0.1, 0.15) is 22.5 Å². The lowest BCUT2D eigenvalue weighted by molar-refractivity contribution is 0.0974. The number of aryl methyl sites for hydroxylation is 1. The number of pyridine rings is 2. The van der Waals surface area contributed by atoms with Gasteiger partial charge in [-0.25, -0.2) is 14.4 Å². The topological polar surface area (TPSA) is 120 Å². The molecule has 0 saturated heterocycles. The highest BCUT2D eigenvalue weighted by atomic mass is 35.5. The van der Waals surface area contributed by atoms with Crippen LogP contribution in [-0.2, 0) is 13.1 Å². The van der Waals surface area contributed by atoms with Crippen molar-refractivity contribution in [1.82, 2.24) is 9.97 Å². The smallest absolute Gasteiger partial charge is 0.259 e. The van der Waals surface area contributed by atoms with Gasteiger partial charge in [-0.05, 0) is 59.9 Å². The molecule has 0 bridgehead atoms. The summed E-state index contributed by atoms with van der Waals surface area (Å²) in [4.78, 5) is 36.2. The third-order valence-electron chi connectivity index (χ3n) is 6.93. The van der Waals surface area contributed by atoms with Crippen molar-refractivity contribution in [2.75, 3.05) is 24.4 Å². The van der Waals surface area contributed by atoms with Crippen LogP contribution in [0.1, 0.15) is 62.9 Å². The average molecular weight is 641 g/mol. The number of carbonyl (C=O) groups is 2. The Kier molecular flexibility index (Phi) is 10.3. The van der Waals surface area contributed by atoms with Crippen molar-refractivity contribution in [2.24, 2.45) is 5.73 Å². The number of benzene rings is 2. The van der Waals surface area contributed by atoms with Crippen LogP contribution >= 0.6 is 23.2 Å². The highest BCUT2D eigenvalue weighted by molar-refractivity contribution is 6.36. The van der Waals surface area contributed by atoms with Crippen LogP contribution in [0.5, 0.6) is 11.5 Å². The molecule has 2 amide bonds. The molecule has 0 aliphatic rings. The van der Waals surface area contributed by atoms with E-state index >= 15 is 4.39 Å². The van der Waals surface area contributed by atoms with Crippen LogP contribution in [0.4, 0.5) is 15.9 Å². The zero-order valence-electron chi connectivity index (χ0n) is 24.9. The third kappa shape index (κ3) is 7.20. The quantitative estimate of drug-likeness (QED) is 0.171. The standard InChI is InChI=1S/C32H32Cl2FN5O4/c1-17(2)27-28(38-32(42)24-25(31(36)41)29(33)39-30(34)26(24)35)18(3)14-23(37-27)40(15-19-6-10-21(43-4)11-7-19)16-20-8-12-22(44-5)13-9-20/h6-14,17H,15-16H2,1-5H3,(H2,36,41)(H,38,42). The number of halogens is 3. The van der Waals surface area contributed by atoms with Crippen molar-refractivity contribution < 1.29 is 23.5 Å². The summed E-state index contributed by atoms with van der Waals surface area (Å²) in [6.45, 7) is 6.70. The summed E-state index contributed by atoms with van der Waals surface area (Å²) in [5, 5.41) is 1.58. The molecule has 12 heteroatoms. The summed E-state index contributed by atoms with van der Waals surface area (Å²) in [6.07, 6.45) is 0. The summed E-state index contributed by atoms with van der Waals surface area (Å²) in [5.41, 5.74) is 7.78. The highest BCUT2D eigenvalue weighted by Gasteiger charge is 2.28. The van der Waals surface area contributed by atoms with E-state index in [1.54, 1.807) is 14.2 Å². The molecule has 0 atom stereocenters. The second-order valence-electron chi connectivity index (χ2n) is 10.3. The van der Waals surface area contributed by atoms with Gasteiger partial charge in [-0.3, -0.25) is 9.59 Å². The minimum absolute atomic E-state index is 0.155. The fourth-order valence-electron chi connectivity index (χ4n) is 4.66. The molecule has 0 saturated carbocycles. The second kappa shape index (κ2) is 13.9. The number of aromatic nitrogens is 2. The Labute approximate surface area is 265 Å². The number of amides is 2. The predicted octanol–water partition coefficient (Wildman–Crippen LogP) is 6.93. The van der Waals surface area contributed by atoms with Crippen molar-refractivity contribution in [3.63, 3.8) is 0 Å². The Hall–Kier alpha value is -4.41. The monoisotopic (exact) mass is 639 g/mol. The largest absolute Gasteiger partial charge is 0.497 e. The summed E-state index contributed by atoms with van der Waals surface area (Å²) in [6, 6.07) is 17.4. The van der Waals surface area contributed by atoms with Crippen molar-refractivity contribution in [3.05, 3.63) is 104 Å². The summed E-state index contributed by atoms with van der Waals surface area (Å²) >= 11 is 11.9. The first-order valence-corrected chi connectivity index (χ1v) is 14.4. The van der Waals surface area contributed by atoms with Crippen LogP contribution in [0.15, 0.2) is 54.6 Å². The molecule has 4 aromatic rings. The highest BCUT2D eigenvalue weighted by Crippen LogP contribution is 2.33. The number of nitrogens with one attached hydrogen (secondary N) is 1. The lowest BCUT2D eigenvalue weighted by Crippen LogP contribution is -2.26. The van der Waals surface area contributed by atoms with Gasteiger partial charge in [-0.2, -0.15) is 0 Å². The minimum Gasteiger partial charge on any atom is -0.497 e. The van der Waals surface area contributed by atoms with Gasteiger partial charge in [0.05, 0.1) is 36.7 Å². The van der Waals surface area contributed by atoms with Gasteiger partial charge >= 0.3 is 0 Å². The first-order chi connectivity index (χ1) is 20.9. The van der Waals surface area contributed by atoms with E-state index in [9.17, 15) is 9.59 Å². The van der Waals surface area contributed by atoms with E-state index in [-0.39, 0.29) is 5.92 Å². The number of carbonyl (C=O) groups excluding carboxylic acids is 2. The van der Waals surface area contributed by atoms with E-state index in [1.165, 1.54) is 0 Å². The van der Waals surface area contributed by atoms with Gasteiger partial charge in [0.25, 0.3) is 11.8 Å². The number of hydrogen-bond acceptors (Lipinski definition) is 7. The number of methoxy groups -OCH3 is 2. The lowest BCUT2D eigenvalue weighted by atomic mass is 10.0. The van der Waals surface area contributed by atoms with E-state index in [0.717, 1.165) is 22.6 Å². The molecule has 2 aromatic heterocycles. The number of nitrogens with two attached hydrogens (primary N) is 1.